The van der Waals surface area contributed by atoms with E-state index in [4.69, 9.17) is 11.6 Å². The van der Waals surface area contributed by atoms with Crippen molar-refractivity contribution in [2.24, 2.45) is 0 Å². The van der Waals surface area contributed by atoms with Crippen molar-refractivity contribution in [3.05, 3.63) is 82.3 Å². The second kappa shape index (κ2) is 12.7. The lowest BCUT2D eigenvalue weighted by atomic mass is 10.1. The molecule has 3 aromatic heterocycles. The molecule has 4 aromatic rings. The van der Waals surface area contributed by atoms with E-state index in [0.717, 1.165) is 5.56 Å². The number of tetrazole rings is 1. The molecule has 0 aliphatic heterocycles. The van der Waals surface area contributed by atoms with Gasteiger partial charge < -0.3 is 10.6 Å². The number of pyridine rings is 1. The number of halogens is 5. The molecule has 4 rings (SSSR count). The number of alkyl halides is 3. The van der Waals surface area contributed by atoms with E-state index in [9.17, 15) is 22.4 Å². The van der Waals surface area contributed by atoms with Crippen LogP contribution in [0.15, 0.2) is 43.1 Å². The van der Waals surface area contributed by atoms with Crippen molar-refractivity contribution < 1.29 is 22.4 Å². The zero-order chi connectivity index (χ0) is 29.6. The summed E-state index contributed by atoms with van der Waals surface area (Å²) in [6, 6.07) is 7.51. The smallest absolute Gasteiger partial charge is 0.387 e. The second-order valence-electron chi connectivity index (χ2n) is 8.67. The summed E-state index contributed by atoms with van der Waals surface area (Å²) in [6.45, 7) is 8.88. The fourth-order valence-electron chi connectivity index (χ4n) is 3.63. The molecule has 3 heterocycles. The number of carbonyl (C=O) groups excluding carboxylic acids is 1. The van der Waals surface area contributed by atoms with Gasteiger partial charge in [-0.3, -0.25) is 4.79 Å². The van der Waals surface area contributed by atoms with E-state index < -0.39 is 17.8 Å². The van der Waals surface area contributed by atoms with Gasteiger partial charge in [-0.2, -0.15) is 18.3 Å². The maximum absolute atomic E-state index is 13.2. The number of anilines is 1. The molecule has 1 amide bonds. The zero-order valence-corrected chi connectivity index (χ0v) is 22.7. The molecule has 0 fully saturated rings. The number of carbonyl (C=O) groups is 1. The summed E-state index contributed by atoms with van der Waals surface area (Å²) in [5.41, 5.74) is 2.54. The number of nitrogens with one attached hydrogen (secondary N) is 2. The van der Waals surface area contributed by atoms with Crippen LogP contribution in [0.4, 0.5) is 23.2 Å². The Morgan fingerprint density at radius 2 is 1.98 bits per heavy atom. The number of hydrogen-bond donors (Lipinski definition) is 2. The minimum absolute atomic E-state index is 0.0285. The second-order valence-corrected chi connectivity index (χ2v) is 9.07. The summed E-state index contributed by atoms with van der Waals surface area (Å²) >= 11 is 6.08. The molecule has 15 heteroatoms. The highest BCUT2D eigenvalue weighted by atomic mass is 35.5. The van der Waals surface area contributed by atoms with Crippen molar-refractivity contribution >= 4 is 29.3 Å². The van der Waals surface area contributed by atoms with Gasteiger partial charge in [0.2, 0.25) is 0 Å². The minimum atomic E-state index is -4.66. The fourth-order valence-corrected chi connectivity index (χ4v) is 3.84. The van der Waals surface area contributed by atoms with Gasteiger partial charge in [-0.25, -0.2) is 18.7 Å². The van der Waals surface area contributed by atoms with E-state index in [0.29, 0.717) is 38.2 Å². The van der Waals surface area contributed by atoms with Crippen LogP contribution in [0, 0.1) is 12.7 Å². The lowest BCUT2D eigenvalue weighted by Crippen LogP contribution is -2.30. The van der Waals surface area contributed by atoms with Crippen molar-refractivity contribution in [1.29, 1.82) is 0 Å². The van der Waals surface area contributed by atoms with Gasteiger partial charge in [0.25, 0.3) is 11.7 Å². The summed E-state index contributed by atoms with van der Waals surface area (Å²) in [4.78, 5) is 15.9. The Hall–Kier alpha value is -4.33. The summed E-state index contributed by atoms with van der Waals surface area (Å²) in [5.74, 6) is -1.52. The van der Waals surface area contributed by atoms with E-state index in [2.05, 4.69) is 42.8 Å². The quantitative estimate of drug-likeness (QED) is 0.298. The molecule has 40 heavy (non-hydrogen) atoms. The van der Waals surface area contributed by atoms with Gasteiger partial charge in [-0.05, 0) is 73.2 Å². The van der Waals surface area contributed by atoms with Crippen molar-refractivity contribution in [2.45, 2.75) is 39.5 Å². The van der Waals surface area contributed by atoms with E-state index in [1.54, 1.807) is 32.2 Å². The largest absolute Gasteiger partial charge is 0.453 e. The van der Waals surface area contributed by atoms with Crippen molar-refractivity contribution in [1.82, 2.24) is 40.3 Å². The lowest BCUT2D eigenvalue weighted by Gasteiger charge is -2.14. The minimum Gasteiger partial charge on any atom is -0.387 e. The number of hydrogen-bond acceptors (Lipinski definition) is 7. The van der Waals surface area contributed by atoms with Crippen molar-refractivity contribution in [3.8, 4) is 5.82 Å². The maximum atomic E-state index is 13.2. The molecule has 212 valence electrons. The first kappa shape index (κ1) is 30.2. The van der Waals surface area contributed by atoms with Gasteiger partial charge in [0.15, 0.2) is 5.82 Å². The number of rotatable bonds is 7. The Balaban J connectivity index is 0.000000241. The molecule has 0 atom stereocenters. The normalized spacial score (nSPS) is 11.2. The molecule has 1 aromatic carbocycles. The molecule has 0 aliphatic carbocycles. The average Bonchev–Trinajstić information content (AvgIpc) is 3.51. The zero-order valence-electron chi connectivity index (χ0n) is 22.0. The maximum Gasteiger partial charge on any atom is 0.453 e. The molecule has 0 bridgehead atoms. The van der Waals surface area contributed by atoms with Crippen LogP contribution >= 0.6 is 11.6 Å². The molecule has 0 aliphatic rings. The summed E-state index contributed by atoms with van der Waals surface area (Å²) < 4.78 is 53.7. The first-order valence-corrected chi connectivity index (χ1v) is 12.2. The van der Waals surface area contributed by atoms with E-state index in [1.165, 1.54) is 29.1 Å². The van der Waals surface area contributed by atoms with Crippen LogP contribution in [0.1, 0.15) is 47.0 Å². The van der Waals surface area contributed by atoms with Crippen LogP contribution < -0.4 is 10.6 Å². The predicted molar refractivity (Wildman–Crippen MR) is 142 cm³/mol. The van der Waals surface area contributed by atoms with Crippen LogP contribution in [0.3, 0.4) is 0 Å². The molecular formula is C25H26ClF4N9O. The molecule has 0 unspecified atom stereocenters. The monoisotopic (exact) mass is 579 g/mol. The Labute approximate surface area is 232 Å². The highest BCUT2D eigenvalue weighted by Gasteiger charge is 2.38. The molecule has 0 radical (unpaired) electrons. The number of benzene rings is 1. The number of aromatic nitrogens is 7. The number of amides is 1. The van der Waals surface area contributed by atoms with Gasteiger partial charge in [-0.1, -0.05) is 18.2 Å². The van der Waals surface area contributed by atoms with Crippen LogP contribution in [0.5, 0.6) is 0 Å². The van der Waals surface area contributed by atoms with Gasteiger partial charge in [-0.15, -0.1) is 5.10 Å². The Morgan fingerprint density at radius 1 is 1.25 bits per heavy atom. The van der Waals surface area contributed by atoms with E-state index >= 15 is 0 Å². The van der Waals surface area contributed by atoms with Crippen molar-refractivity contribution in [2.75, 3.05) is 12.4 Å². The Bertz CT molecular complexity index is 1500. The number of nitrogens with zero attached hydrogens (tertiary/aromatic N) is 7. The third kappa shape index (κ3) is 7.20. The van der Waals surface area contributed by atoms with Crippen LogP contribution in [0.2, 0.25) is 5.02 Å². The molecular weight excluding hydrogens is 554 g/mol. The highest BCUT2D eigenvalue weighted by molar-refractivity contribution is 6.32. The molecule has 0 saturated carbocycles. The van der Waals surface area contributed by atoms with E-state index in [-0.39, 0.29) is 18.5 Å². The van der Waals surface area contributed by atoms with Gasteiger partial charge in [0.05, 0.1) is 28.5 Å². The van der Waals surface area contributed by atoms with Crippen LogP contribution in [-0.2, 0) is 12.7 Å². The Morgan fingerprint density at radius 3 is 2.58 bits per heavy atom. The first-order chi connectivity index (χ1) is 18.8. The Kier molecular flexibility index (Phi) is 9.58. The van der Waals surface area contributed by atoms with Crippen LogP contribution in [-0.4, -0.2) is 54.0 Å². The van der Waals surface area contributed by atoms with Gasteiger partial charge in [0.1, 0.15) is 5.82 Å². The first-order valence-electron chi connectivity index (χ1n) is 11.8. The van der Waals surface area contributed by atoms with Crippen LogP contribution in [0.25, 0.3) is 11.9 Å². The number of aryl methyl sites for hydroxylation is 1. The topological polar surface area (TPSA) is 115 Å². The standard InChI is InChI=1S/C13H9ClF3N7.C12H17FN2O/c1-2-9-6-8(7-23-12(13(15,16)17)19-21-22-23)20-24(9)11-10(14)4-3-5-18-11;1-7(2)15-12(16)10-6-9(13)5-8(3)11(10)14-4/h2-6H,1,7H2;5-7,14H,1-4H3,(H,15,16). The SMILES string of the molecule is C=Cc1cc(Cn2nnnc2C(F)(F)F)nn1-c1ncccc1Cl.CNc1c(C)cc(F)cc1C(=O)NC(C)C. The molecule has 0 spiro atoms. The summed E-state index contributed by atoms with van der Waals surface area (Å²) in [6.07, 6.45) is -1.64. The summed E-state index contributed by atoms with van der Waals surface area (Å²) in [7, 11) is 1.71. The predicted octanol–water partition coefficient (Wildman–Crippen LogP) is 4.93. The van der Waals surface area contributed by atoms with Gasteiger partial charge >= 0.3 is 6.18 Å². The lowest BCUT2D eigenvalue weighted by molar-refractivity contribution is -0.147. The molecule has 0 saturated heterocycles. The average molecular weight is 580 g/mol. The van der Waals surface area contributed by atoms with Crippen molar-refractivity contribution in [3.63, 3.8) is 0 Å². The fraction of sp³-hybridized carbons (Fsp3) is 0.280. The highest BCUT2D eigenvalue weighted by Crippen LogP contribution is 2.27. The molecule has 2 N–H and O–H groups in total. The van der Waals surface area contributed by atoms with E-state index in [1.807, 2.05) is 13.8 Å². The third-order valence-corrected chi connectivity index (χ3v) is 5.54. The van der Waals surface area contributed by atoms with Gasteiger partial charge in [0, 0.05) is 25.0 Å². The third-order valence-electron chi connectivity index (χ3n) is 5.25. The molecule has 10 nitrogen and oxygen atoms in total. The summed E-state index contributed by atoms with van der Waals surface area (Å²) in [5, 5.41) is 19.6.